The van der Waals surface area contributed by atoms with Crippen molar-refractivity contribution >= 4 is 22.0 Å². The van der Waals surface area contributed by atoms with E-state index in [1.54, 1.807) is 0 Å². The molecule has 1 heterocycles. The Hall–Kier alpha value is -0.630. The number of aryl methyl sites for hydroxylation is 1. The van der Waals surface area contributed by atoms with Gasteiger partial charge in [-0.25, -0.2) is 0 Å². The Kier molecular flexibility index (Phi) is 3.48. The second-order valence-corrected chi connectivity index (χ2v) is 3.42. The van der Waals surface area contributed by atoms with Crippen molar-refractivity contribution in [2.45, 2.75) is 13.8 Å². The molecule has 0 atom stereocenters. The molecule has 0 N–H and O–H groups in total. The van der Waals surface area contributed by atoms with Crippen LogP contribution in [0, 0.1) is 6.92 Å². The number of rotatable bonds is 2. The fourth-order valence-electron chi connectivity index (χ4n) is 0.888. The molecule has 12 heavy (non-hydrogen) atoms. The molecule has 0 aliphatic carbocycles. The molecule has 0 unspecified atom stereocenters. The number of pyridine rings is 1. The molecular weight excluding hydrogens is 214 g/mol. The maximum absolute atomic E-state index is 4.21. The van der Waals surface area contributed by atoms with Crippen LogP contribution in [0.4, 0.5) is 0 Å². The molecule has 0 fully saturated rings. The Labute approximate surface area is 81.7 Å². The van der Waals surface area contributed by atoms with Gasteiger partial charge in [-0.3, -0.25) is 4.98 Å². The van der Waals surface area contributed by atoms with Crippen molar-refractivity contribution in [2.24, 2.45) is 0 Å². The molecule has 64 valence electrons. The van der Waals surface area contributed by atoms with Crippen LogP contribution in [0.25, 0.3) is 6.08 Å². The van der Waals surface area contributed by atoms with Gasteiger partial charge in [0.1, 0.15) is 0 Å². The van der Waals surface area contributed by atoms with Crippen molar-refractivity contribution in [2.75, 3.05) is 5.33 Å². The monoisotopic (exact) mass is 225 g/mol. The van der Waals surface area contributed by atoms with E-state index >= 15 is 0 Å². The predicted molar refractivity (Wildman–Crippen MR) is 56.4 cm³/mol. The van der Waals surface area contributed by atoms with Gasteiger partial charge in [-0.2, -0.15) is 0 Å². The number of aromatic nitrogens is 1. The summed E-state index contributed by atoms with van der Waals surface area (Å²) in [6, 6.07) is 4.10. The van der Waals surface area contributed by atoms with Gasteiger partial charge in [0.2, 0.25) is 0 Å². The normalized spacial score (nSPS) is 11.8. The third-order valence-corrected chi connectivity index (χ3v) is 2.44. The third kappa shape index (κ3) is 2.78. The van der Waals surface area contributed by atoms with Crippen molar-refractivity contribution in [3.05, 3.63) is 35.2 Å². The molecular formula is C10H12BrN. The molecule has 0 saturated carbocycles. The van der Waals surface area contributed by atoms with Gasteiger partial charge in [0.15, 0.2) is 0 Å². The minimum atomic E-state index is 0.918. The molecule has 2 heteroatoms. The first-order valence-corrected chi connectivity index (χ1v) is 5.00. The van der Waals surface area contributed by atoms with Crippen LogP contribution < -0.4 is 0 Å². The van der Waals surface area contributed by atoms with Gasteiger partial charge < -0.3 is 0 Å². The number of halogens is 1. The highest BCUT2D eigenvalue weighted by molar-refractivity contribution is 9.09. The minimum absolute atomic E-state index is 0.918. The zero-order valence-corrected chi connectivity index (χ0v) is 8.93. The predicted octanol–water partition coefficient (Wildman–Crippen LogP) is 3.19. The lowest BCUT2D eigenvalue weighted by molar-refractivity contribution is 1.19. The smallest absolute Gasteiger partial charge is 0.0373 e. The van der Waals surface area contributed by atoms with Gasteiger partial charge in [-0.05, 0) is 25.5 Å². The first-order chi connectivity index (χ1) is 5.72. The van der Waals surface area contributed by atoms with E-state index in [1.807, 2.05) is 19.2 Å². The van der Waals surface area contributed by atoms with Crippen molar-refractivity contribution in [1.29, 1.82) is 0 Å². The maximum Gasteiger partial charge on any atom is 0.0373 e. The lowest BCUT2D eigenvalue weighted by Gasteiger charge is -1.96. The Bertz CT molecular complexity index is 274. The Morgan fingerprint density at radius 3 is 2.83 bits per heavy atom. The van der Waals surface area contributed by atoms with E-state index in [0.29, 0.717) is 0 Å². The molecule has 1 aromatic rings. The standard InChI is InChI=1S/C10H12BrN/c1-8(6-11)5-10-4-3-9(2)12-7-10/h3-5,7H,6H2,1-2H3/b8-5-. The lowest BCUT2D eigenvalue weighted by atomic mass is 10.2. The fraction of sp³-hybridized carbons (Fsp3) is 0.300. The van der Waals surface area contributed by atoms with Gasteiger partial charge in [0.05, 0.1) is 0 Å². The van der Waals surface area contributed by atoms with E-state index in [1.165, 1.54) is 5.57 Å². The van der Waals surface area contributed by atoms with E-state index in [-0.39, 0.29) is 0 Å². The summed E-state index contributed by atoms with van der Waals surface area (Å²) in [5, 5.41) is 0.918. The van der Waals surface area contributed by atoms with Crippen LogP contribution in [0.1, 0.15) is 18.2 Å². The van der Waals surface area contributed by atoms with Crippen LogP contribution >= 0.6 is 15.9 Å². The molecule has 0 saturated heterocycles. The number of hydrogen-bond acceptors (Lipinski definition) is 1. The zero-order chi connectivity index (χ0) is 8.97. The van der Waals surface area contributed by atoms with Crippen molar-refractivity contribution in [3.8, 4) is 0 Å². The Morgan fingerprint density at radius 1 is 1.58 bits per heavy atom. The summed E-state index contributed by atoms with van der Waals surface area (Å²) in [5.41, 5.74) is 3.53. The first kappa shape index (κ1) is 9.46. The number of alkyl halides is 1. The van der Waals surface area contributed by atoms with Crippen LogP contribution in [0.3, 0.4) is 0 Å². The van der Waals surface area contributed by atoms with E-state index in [9.17, 15) is 0 Å². The van der Waals surface area contributed by atoms with Crippen molar-refractivity contribution in [1.82, 2.24) is 4.98 Å². The van der Waals surface area contributed by atoms with E-state index < -0.39 is 0 Å². The van der Waals surface area contributed by atoms with Crippen LogP contribution in [0.15, 0.2) is 23.9 Å². The molecule has 1 nitrogen and oxygen atoms in total. The minimum Gasteiger partial charge on any atom is -0.261 e. The quantitative estimate of drug-likeness (QED) is 0.705. The summed E-state index contributed by atoms with van der Waals surface area (Å²) in [6.07, 6.45) is 4.02. The maximum atomic E-state index is 4.21. The van der Waals surface area contributed by atoms with Crippen LogP contribution in [0.2, 0.25) is 0 Å². The summed E-state index contributed by atoms with van der Waals surface area (Å²) in [7, 11) is 0. The van der Waals surface area contributed by atoms with Crippen LogP contribution in [-0.4, -0.2) is 10.3 Å². The largest absolute Gasteiger partial charge is 0.261 e. The molecule has 1 rings (SSSR count). The summed E-state index contributed by atoms with van der Waals surface area (Å²) in [5.74, 6) is 0. The van der Waals surface area contributed by atoms with Crippen LogP contribution in [0.5, 0.6) is 0 Å². The van der Waals surface area contributed by atoms with E-state index in [4.69, 9.17) is 0 Å². The van der Waals surface area contributed by atoms with Gasteiger partial charge in [-0.1, -0.05) is 33.6 Å². The highest BCUT2D eigenvalue weighted by Gasteiger charge is 1.89. The highest BCUT2D eigenvalue weighted by Crippen LogP contribution is 2.07. The molecule has 1 aromatic heterocycles. The highest BCUT2D eigenvalue weighted by atomic mass is 79.9. The van der Waals surface area contributed by atoms with Crippen molar-refractivity contribution in [3.63, 3.8) is 0 Å². The topological polar surface area (TPSA) is 12.9 Å². The summed E-state index contributed by atoms with van der Waals surface area (Å²) < 4.78 is 0. The Morgan fingerprint density at radius 2 is 2.33 bits per heavy atom. The third-order valence-electron chi connectivity index (χ3n) is 1.56. The van der Waals surface area contributed by atoms with E-state index in [0.717, 1.165) is 16.6 Å². The molecule has 0 bridgehead atoms. The molecule has 0 radical (unpaired) electrons. The molecule has 0 aliphatic heterocycles. The van der Waals surface area contributed by atoms with Crippen molar-refractivity contribution < 1.29 is 0 Å². The molecule has 0 aromatic carbocycles. The average molecular weight is 226 g/mol. The van der Waals surface area contributed by atoms with Crippen LogP contribution in [-0.2, 0) is 0 Å². The van der Waals surface area contributed by atoms with Gasteiger partial charge in [0, 0.05) is 17.2 Å². The SMILES string of the molecule is C/C(=C/c1ccc(C)nc1)CBr. The number of nitrogens with zero attached hydrogens (tertiary/aromatic N) is 1. The van der Waals surface area contributed by atoms with Gasteiger partial charge in [0.25, 0.3) is 0 Å². The molecule has 0 amide bonds. The number of allylic oxidation sites excluding steroid dienone is 1. The van der Waals surface area contributed by atoms with E-state index in [2.05, 4.69) is 40.0 Å². The summed E-state index contributed by atoms with van der Waals surface area (Å²) >= 11 is 3.40. The second-order valence-electron chi connectivity index (χ2n) is 2.86. The average Bonchev–Trinajstić information content (AvgIpc) is 2.09. The van der Waals surface area contributed by atoms with Gasteiger partial charge >= 0.3 is 0 Å². The first-order valence-electron chi connectivity index (χ1n) is 3.88. The lowest BCUT2D eigenvalue weighted by Crippen LogP contribution is -1.82. The second kappa shape index (κ2) is 4.41. The molecule has 0 aliphatic rings. The fourth-order valence-corrected chi connectivity index (χ4v) is 1.05. The summed E-state index contributed by atoms with van der Waals surface area (Å²) in [4.78, 5) is 4.21. The Balaban J connectivity index is 2.84. The summed E-state index contributed by atoms with van der Waals surface area (Å²) in [6.45, 7) is 4.08. The zero-order valence-electron chi connectivity index (χ0n) is 7.34. The van der Waals surface area contributed by atoms with Gasteiger partial charge in [-0.15, -0.1) is 0 Å². The molecule has 0 spiro atoms. The number of hydrogen-bond donors (Lipinski definition) is 0.